The molecule has 6 heteroatoms. The summed E-state index contributed by atoms with van der Waals surface area (Å²) < 4.78 is 5.35. The topological polar surface area (TPSA) is 67.0 Å². The van der Waals surface area contributed by atoms with Crippen molar-refractivity contribution in [1.29, 1.82) is 0 Å². The van der Waals surface area contributed by atoms with Gasteiger partial charge in [-0.25, -0.2) is 0 Å². The number of halogens is 1. The van der Waals surface area contributed by atoms with E-state index in [9.17, 15) is 4.79 Å². The van der Waals surface area contributed by atoms with Gasteiger partial charge in [-0.15, -0.1) is 0 Å². The lowest BCUT2D eigenvalue weighted by molar-refractivity contribution is 0.0890. The van der Waals surface area contributed by atoms with Gasteiger partial charge in [0, 0.05) is 29.3 Å². The first-order valence-corrected chi connectivity index (χ1v) is 11.2. The maximum absolute atomic E-state index is 13.2. The number of hydrogen-bond acceptors (Lipinski definition) is 3. The molecule has 2 atom stereocenters. The smallest absolute Gasteiger partial charge is 0.272 e. The fraction of sp³-hybridized carbons (Fsp3) is 0.360. The minimum atomic E-state index is -0.223. The van der Waals surface area contributed by atoms with Crippen molar-refractivity contribution in [3.8, 4) is 0 Å². The second-order valence-corrected chi connectivity index (χ2v) is 8.57. The minimum absolute atomic E-state index is 0.160. The van der Waals surface area contributed by atoms with Crippen LogP contribution in [0.1, 0.15) is 64.1 Å². The molecule has 31 heavy (non-hydrogen) atoms. The summed E-state index contributed by atoms with van der Waals surface area (Å²) in [5, 5.41) is 11.5. The zero-order valence-corrected chi connectivity index (χ0v) is 18.5. The Labute approximate surface area is 188 Å². The van der Waals surface area contributed by atoms with Crippen molar-refractivity contribution in [3.05, 3.63) is 87.7 Å². The lowest BCUT2D eigenvalue weighted by Crippen LogP contribution is -2.32. The number of hydrogen-bond donors (Lipinski definition) is 2. The molecule has 0 aliphatic heterocycles. The first-order chi connectivity index (χ1) is 15.2. The fourth-order valence-corrected chi connectivity index (χ4v) is 4.66. The number of nitrogens with one attached hydrogen (secondary N) is 2. The van der Waals surface area contributed by atoms with E-state index in [1.807, 2.05) is 48.5 Å². The largest absolute Gasteiger partial charge is 0.382 e. The van der Waals surface area contributed by atoms with Crippen molar-refractivity contribution < 1.29 is 9.53 Å². The Kier molecular flexibility index (Phi) is 7.05. The highest BCUT2D eigenvalue weighted by molar-refractivity contribution is 6.30. The number of nitrogens with zero attached hydrogens (tertiary/aromatic N) is 1. The number of aromatic nitrogens is 2. The number of carbonyl (C=O) groups excluding carboxylic acids is 1. The Morgan fingerprint density at radius 1 is 1.23 bits per heavy atom. The third-order valence-corrected chi connectivity index (χ3v) is 6.20. The van der Waals surface area contributed by atoms with Crippen LogP contribution in [0.5, 0.6) is 0 Å². The molecule has 1 aliphatic rings. The molecule has 1 aromatic heterocycles. The Hall–Kier alpha value is -2.63. The van der Waals surface area contributed by atoms with Crippen LogP contribution in [0.25, 0.3) is 0 Å². The van der Waals surface area contributed by atoms with Crippen LogP contribution in [0.15, 0.2) is 54.6 Å². The highest BCUT2D eigenvalue weighted by Crippen LogP contribution is 2.34. The molecule has 2 N–H and O–H groups in total. The van der Waals surface area contributed by atoms with E-state index in [1.54, 1.807) is 7.11 Å². The van der Waals surface area contributed by atoms with Gasteiger partial charge in [-0.3, -0.25) is 9.89 Å². The maximum Gasteiger partial charge on any atom is 0.272 e. The van der Waals surface area contributed by atoms with E-state index in [1.165, 1.54) is 5.56 Å². The van der Waals surface area contributed by atoms with E-state index in [-0.39, 0.29) is 11.9 Å². The number of H-pyrrole nitrogens is 1. The van der Waals surface area contributed by atoms with Gasteiger partial charge in [0.05, 0.1) is 12.6 Å². The Bertz CT molecular complexity index is 1020. The van der Waals surface area contributed by atoms with E-state index in [0.717, 1.165) is 53.9 Å². The molecule has 1 heterocycles. The fourth-order valence-electron chi connectivity index (χ4n) is 4.45. The van der Waals surface area contributed by atoms with Crippen molar-refractivity contribution in [2.45, 2.75) is 44.1 Å². The van der Waals surface area contributed by atoms with E-state index >= 15 is 0 Å². The van der Waals surface area contributed by atoms with Crippen molar-refractivity contribution in [2.24, 2.45) is 0 Å². The molecule has 4 rings (SSSR count). The molecular formula is C25H28ClN3O2. The molecule has 2 aromatic carbocycles. The molecule has 1 amide bonds. The molecule has 0 radical (unpaired) electrons. The minimum Gasteiger partial charge on any atom is -0.382 e. The van der Waals surface area contributed by atoms with Gasteiger partial charge in [-0.05, 0) is 48.9 Å². The van der Waals surface area contributed by atoms with E-state index in [0.29, 0.717) is 18.2 Å². The predicted molar refractivity (Wildman–Crippen MR) is 123 cm³/mol. The van der Waals surface area contributed by atoms with Crippen LogP contribution in [-0.2, 0) is 17.6 Å². The summed E-state index contributed by atoms with van der Waals surface area (Å²) in [6, 6.07) is 17.7. The van der Waals surface area contributed by atoms with Gasteiger partial charge in [0.1, 0.15) is 0 Å². The highest BCUT2D eigenvalue weighted by atomic mass is 35.5. The summed E-state index contributed by atoms with van der Waals surface area (Å²) in [6.07, 6.45) is 5.00. The van der Waals surface area contributed by atoms with Crippen molar-refractivity contribution in [3.63, 3.8) is 0 Å². The number of benzene rings is 2. The van der Waals surface area contributed by atoms with Gasteiger partial charge < -0.3 is 10.1 Å². The SMILES string of the molecule is COC[C@@H](NC(=O)c1n[nH]c2c1CCCC[C@H]2Cc1cccc(Cl)c1)c1ccccc1. The second-order valence-electron chi connectivity index (χ2n) is 8.13. The van der Waals surface area contributed by atoms with Gasteiger partial charge in [0.25, 0.3) is 5.91 Å². The average molecular weight is 438 g/mol. The lowest BCUT2D eigenvalue weighted by atomic mass is 9.91. The number of amides is 1. The van der Waals surface area contributed by atoms with Gasteiger partial charge >= 0.3 is 0 Å². The standard InChI is InChI=1S/C25H28ClN3O2/c1-31-16-22(18-9-3-2-4-10-18)27-25(30)24-21-13-6-5-11-19(23(21)28-29-24)14-17-8-7-12-20(26)15-17/h2-4,7-10,12,15,19,22H,5-6,11,13-14,16H2,1H3,(H,27,30)(H,28,29)/t19-,22+/m0/s1. The van der Waals surface area contributed by atoms with Gasteiger partial charge in [0.15, 0.2) is 5.69 Å². The third-order valence-electron chi connectivity index (χ3n) is 5.96. The van der Waals surface area contributed by atoms with Crippen molar-refractivity contribution in [1.82, 2.24) is 15.5 Å². The number of fused-ring (bicyclic) bond motifs is 1. The average Bonchev–Trinajstić information content (AvgIpc) is 3.10. The number of methoxy groups -OCH3 is 1. The van der Waals surface area contributed by atoms with Crippen LogP contribution in [0.2, 0.25) is 5.02 Å². The van der Waals surface area contributed by atoms with Crippen LogP contribution >= 0.6 is 11.6 Å². The summed E-state index contributed by atoms with van der Waals surface area (Å²) in [5.41, 5.74) is 4.86. The quantitative estimate of drug-likeness (QED) is 0.497. The van der Waals surface area contributed by atoms with Gasteiger partial charge in [-0.1, -0.05) is 60.5 Å². The summed E-state index contributed by atoms with van der Waals surface area (Å²) in [5.74, 6) is 0.140. The zero-order valence-electron chi connectivity index (χ0n) is 17.7. The van der Waals surface area contributed by atoms with Crippen LogP contribution in [-0.4, -0.2) is 29.8 Å². The monoisotopic (exact) mass is 437 g/mol. The normalized spacial score (nSPS) is 16.9. The Morgan fingerprint density at radius 3 is 2.84 bits per heavy atom. The zero-order chi connectivity index (χ0) is 21.6. The van der Waals surface area contributed by atoms with Gasteiger partial charge in [-0.2, -0.15) is 5.10 Å². The van der Waals surface area contributed by atoms with Crippen molar-refractivity contribution >= 4 is 17.5 Å². The molecule has 0 fully saturated rings. The first-order valence-electron chi connectivity index (χ1n) is 10.8. The summed E-state index contributed by atoms with van der Waals surface area (Å²) >= 11 is 6.18. The molecule has 0 bridgehead atoms. The molecule has 162 valence electrons. The molecule has 1 aliphatic carbocycles. The molecular weight excluding hydrogens is 410 g/mol. The second kappa shape index (κ2) is 10.1. The van der Waals surface area contributed by atoms with E-state index in [2.05, 4.69) is 21.6 Å². The molecule has 3 aromatic rings. The van der Waals surface area contributed by atoms with Gasteiger partial charge in [0.2, 0.25) is 0 Å². The van der Waals surface area contributed by atoms with Crippen LogP contribution in [0.4, 0.5) is 0 Å². The number of aromatic amines is 1. The summed E-state index contributed by atoms with van der Waals surface area (Å²) in [7, 11) is 1.64. The number of ether oxygens (including phenoxy) is 1. The predicted octanol–water partition coefficient (Wildman–Crippen LogP) is 5.23. The molecule has 5 nitrogen and oxygen atoms in total. The molecule has 0 saturated heterocycles. The summed E-state index contributed by atoms with van der Waals surface area (Å²) in [4.78, 5) is 13.2. The Morgan fingerprint density at radius 2 is 2.06 bits per heavy atom. The highest BCUT2D eigenvalue weighted by Gasteiger charge is 2.28. The number of carbonyl (C=O) groups is 1. The maximum atomic E-state index is 13.2. The van der Waals surface area contributed by atoms with E-state index < -0.39 is 0 Å². The van der Waals surface area contributed by atoms with Crippen LogP contribution in [0, 0.1) is 0 Å². The molecule has 0 unspecified atom stereocenters. The lowest BCUT2D eigenvalue weighted by Gasteiger charge is -2.18. The number of rotatable bonds is 7. The third kappa shape index (κ3) is 5.17. The van der Waals surface area contributed by atoms with Crippen LogP contribution < -0.4 is 5.32 Å². The first kappa shape index (κ1) is 21.6. The van der Waals surface area contributed by atoms with Crippen LogP contribution in [0.3, 0.4) is 0 Å². The summed E-state index contributed by atoms with van der Waals surface area (Å²) in [6.45, 7) is 0.403. The Balaban J connectivity index is 1.56. The van der Waals surface area contributed by atoms with Crippen molar-refractivity contribution in [2.75, 3.05) is 13.7 Å². The molecule has 0 spiro atoms. The van der Waals surface area contributed by atoms with E-state index in [4.69, 9.17) is 16.3 Å². The molecule has 0 saturated carbocycles.